The molecular weight excluding hydrogens is 362 g/mol. The summed E-state index contributed by atoms with van der Waals surface area (Å²) in [4.78, 5) is 45.5. The maximum Gasteiger partial charge on any atom is 0.332 e. The zero-order valence-electron chi connectivity index (χ0n) is 15.0. The molecule has 4 aromatic heterocycles. The van der Waals surface area contributed by atoms with E-state index in [1.165, 1.54) is 35.6 Å². The van der Waals surface area contributed by atoms with Crippen LogP contribution in [-0.4, -0.2) is 34.8 Å². The SMILES string of the molecule is Cn1c(=O)c2cc(C(=O)Nc3cccnc3-n3cccn3)cnc2n(C)c1=O. The Morgan fingerprint density at radius 1 is 1.07 bits per heavy atom. The van der Waals surface area contributed by atoms with Crippen LogP contribution in [0.1, 0.15) is 10.4 Å². The first-order valence-corrected chi connectivity index (χ1v) is 8.29. The molecular formula is C18H15N7O3. The highest BCUT2D eigenvalue weighted by atomic mass is 16.2. The lowest BCUT2D eigenvalue weighted by molar-refractivity contribution is 0.102. The molecule has 0 saturated heterocycles. The topological polar surface area (TPSA) is 117 Å². The predicted octanol–water partition coefficient (Wildman–Crippen LogP) is 0.465. The average molecular weight is 377 g/mol. The van der Waals surface area contributed by atoms with Crippen molar-refractivity contribution in [3.8, 4) is 5.82 Å². The maximum absolute atomic E-state index is 12.7. The van der Waals surface area contributed by atoms with Gasteiger partial charge in [-0.15, -0.1) is 0 Å². The van der Waals surface area contributed by atoms with Crippen molar-refractivity contribution < 1.29 is 4.79 Å². The molecule has 10 nitrogen and oxygen atoms in total. The summed E-state index contributed by atoms with van der Waals surface area (Å²) in [5.74, 6) is -0.0142. The highest BCUT2D eigenvalue weighted by Crippen LogP contribution is 2.17. The number of pyridine rings is 2. The van der Waals surface area contributed by atoms with E-state index in [2.05, 4.69) is 20.4 Å². The largest absolute Gasteiger partial charge is 0.332 e. The number of nitrogens with one attached hydrogen (secondary N) is 1. The molecule has 0 radical (unpaired) electrons. The third kappa shape index (κ3) is 2.76. The van der Waals surface area contributed by atoms with E-state index < -0.39 is 17.2 Å². The van der Waals surface area contributed by atoms with Crippen LogP contribution in [0.2, 0.25) is 0 Å². The molecule has 0 saturated carbocycles. The highest BCUT2D eigenvalue weighted by molar-refractivity contribution is 6.06. The summed E-state index contributed by atoms with van der Waals surface area (Å²) in [7, 11) is 2.89. The number of carbonyl (C=O) groups excluding carboxylic acids is 1. The summed E-state index contributed by atoms with van der Waals surface area (Å²) in [5.41, 5.74) is -0.160. The van der Waals surface area contributed by atoms with Crippen LogP contribution in [-0.2, 0) is 14.1 Å². The monoisotopic (exact) mass is 377 g/mol. The highest BCUT2D eigenvalue weighted by Gasteiger charge is 2.15. The molecule has 4 rings (SSSR count). The van der Waals surface area contributed by atoms with Crippen molar-refractivity contribution in [2.75, 3.05) is 5.32 Å². The van der Waals surface area contributed by atoms with Gasteiger partial charge in [0.1, 0.15) is 5.65 Å². The molecule has 10 heteroatoms. The van der Waals surface area contributed by atoms with Crippen molar-refractivity contribution in [1.29, 1.82) is 0 Å². The zero-order valence-corrected chi connectivity index (χ0v) is 15.0. The van der Waals surface area contributed by atoms with Crippen LogP contribution >= 0.6 is 0 Å². The molecule has 4 heterocycles. The van der Waals surface area contributed by atoms with Gasteiger partial charge in [-0.25, -0.2) is 19.4 Å². The second kappa shape index (κ2) is 6.58. The number of rotatable bonds is 3. The van der Waals surface area contributed by atoms with Gasteiger partial charge in [-0.05, 0) is 24.3 Å². The zero-order chi connectivity index (χ0) is 19.8. The summed E-state index contributed by atoms with van der Waals surface area (Å²) in [5, 5.41) is 7.06. The van der Waals surface area contributed by atoms with Crippen molar-refractivity contribution in [3.05, 3.63) is 75.5 Å². The van der Waals surface area contributed by atoms with E-state index >= 15 is 0 Å². The summed E-state index contributed by atoms with van der Waals surface area (Å²) in [6.07, 6.45) is 6.22. The molecule has 140 valence electrons. The molecule has 0 atom stereocenters. The van der Waals surface area contributed by atoms with E-state index in [9.17, 15) is 14.4 Å². The van der Waals surface area contributed by atoms with Gasteiger partial charge in [0.05, 0.1) is 16.6 Å². The Labute approximate surface area is 157 Å². The van der Waals surface area contributed by atoms with Gasteiger partial charge in [0, 0.05) is 38.9 Å². The molecule has 28 heavy (non-hydrogen) atoms. The quantitative estimate of drug-likeness (QED) is 0.555. The number of aromatic nitrogens is 6. The molecule has 0 unspecified atom stereocenters. The second-order valence-corrected chi connectivity index (χ2v) is 6.08. The first-order valence-electron chi connectivity index (χ1n) is 8.29. The van der Waals surface area contributed by atoms with E-state index in [0.717, 1.165) is 4.57 Å². The number of hydrogen-bond donors (Lipinski definition) is 1. The van der Waals surface area contributed by atoms with E-state index in [0.29, 0.717) is 11.5 Å². The molecule has 0 aromatic carbocycles. The molecule has 0 aliphatic heterocycles. The molecule has 1 amide bonds. The lowest BCUT2D eigenvalue weighted by Crippen LogP contribution is -2.37. The second-order valence-electron chi connectivity index (χ2n) is 6.08. The minimum absolute atomic E-state index is 0.177. The number of anilines is 1. The van der Waals surface area contributed by atoms with Gasteiger partial charge in [-0.2, -0.15) is 5.10 Å². The minimum Gasteiger partial charge on any atom is -0.319 e. The molecule has 0 fully saturated rings. The average Bonchev–Trinajstić information content (AvgIpc) is 3.25. The van der Waals surface area contributed by atoms with Crippen LogP contribution < -0.4 is 16.6 Å². The van der Waals surface area contributed by atoms with Crippen LogP contribution in [0.3, 0.4) is 0 Å². The molecule has 0 bridgehead atoms. The molecule has 0 spiro atoms. The van der Waals surface area contributed by atoms with Crippen molar-refractivity contribution >= 4 is 22.6 Å². The van der Waals surface area contributed by atoms with E-state index in [1.807, 2.05) is 0 Å². The van der Waals surface area contributed by atoms with Gasteiger partial charge in [0.25, 0.3) is 11.5 Å². The van der Waals surface area contributed by atoms with E-state index in [-0.39, 0.29) is 16.6 Å². The summed E-state index contributed by atoms with van der Waals surface area (Å²) >= 11 is 0. The van der Waals surface area contributed by atoms with Crippen LogP contribution in [0, 0.1) is 0 Å². The van der Waals surface area contributed by atoms with Gasteiger partial charge in [0.2, 0.25) is 0 Å². The van der Waals surface area contributed by atoms with Gasteiger partial charge in [-0.3, -0.25) is 18.7 Å². The Kier molecular flexibility index (Phi) is 4.07. The van der Waals surface area contributed by atoms with Gasteiger partial charge in [0.15, 0.2) is 5.82 Å². The standard InChI is InChI=1S/C18H15N7O3/c1-23-14-12(17(27)24(2)18(23)28)9-11(10-20-14)16(26)22-13-5-3-6-19-15(13)25-8-4-7-21-25/h3-10H,1-2H3,(H,22,26). The Hall–Kier alpha value is -4.08. The fourth-order valence-corrected chi connectivity index (χ4v) is 2.86. The Balaban J connectivity index is 1.75. The molecule has 0 aliphatic carbocycles. The third-order valence-corrected chi connectivity index (χ3v) is 4.31. The first kappa shape index (κ1) is 17.3. The number of fused-ring (bicyclic) bond motifs is 1. The van der Waals surface area contributed by atoms with Crippen LogP contribution in [0.15, 0.2) is 58.6 Å². The Morgan fingerprint density at radius 2 is 1.89 bits per heavy atom. The minimum atomic E-state index is -0.515. The van der Waals surface area contributed by atoms with E-state index in [1.54, 1.807) is 36.8 Å². The van der Waals surface area contributed by atoms with Crippen LogP contribution in [0.4, 0.5) is 5.69 Å². The summed E-state index contributed by atoms with van der Waals surface area (Å²) < 4.78 is 3.76. The van der Waals surface area contributed by atoms with Gasteiger partial charge < -0.3 is 5.32 Å². The lowest BCUT2D eigenvalue weighted by atomic mass is 10.2. The number of amides is 1. The van der Waals surface area contributed by atoms with Crippen molar-refractivity contribution in [2.24, 2.45) is 14.1 Å². The van der Waals surface area contributed by atoms with Gasteiger partial charge >= 0.3 is 5.69 Å². The van der Waals surface area contributed by atoms with Crippen LogP contribution in [0.5, 0.6) is 0 Å². The first-order chi connectivity index (χ1) is 13.5. The normalized spacial score (nSPS) is 10.9. The summed E-state index contributed by atoms with van der Waals surface area (Å²) in [6.45, 7) is 0. The Bertz CT molecular complexity index is 1320. The predicted molar refractivity (Wildman–Crippen MR) is 102 cm³/mol. The van der Waals surface area contributed by atoms with Gasteiger partial charge in [-0.1, -0.05) is 0 Å². The van der Waals surface area contributed by atoms with Crippen molar-refractivity contribution in [1.82, 2.24) is 28.9 Å². The third-order valence-electron chi connectivity index (χ3n) is 4.31. The lowest BCUT2D eigenvalue weighted by Gasteiger charge is -2.11. The van der Waals surface area contributed by atoms with Crippen molar-refractivity contribution in [2.45, 2.75) is 0 Å². The fraction of sp³-hybridized carbons (Fsp3) is 0.111. The van der Waals surface area contributed by atoms with E-state index in [4.69, 9.17) is 0 Å². The number of aryl methyl sites for hydroxylation is 1. The van der Waals surface area contributed by atoms with Crippen LogP contribution in [0.25, 0.3) is 16.9 Å². The molecule has 4 aromatic rings. The smallest absolute Gasteiger partial charge is 0.319 e. The fourth-order valence-electron chi connectivity index (χ4n) is 2.86. The Morgan fingerprint density at radius 3 is 2.64 bits per heavy atom. The summed E-state index contributed by atoms with van der Waals surface area (Å²) in [6, 6.07) is 6.54. The number of hydrogen-bond acceptors (Lipinski definition) is 6. The molecule has 0 aliphatic rings. The van der Waals surface area contributed by atoms with Crippen molar-refractivity contribution in [3.63, 3.8) is 0 Å². The molecule has 1 N–H and O–H groups in total. The number of carbonyl (C=O) groups is 1. The maximum atomic E-state index is 12.7. The number of nitrogens with zero attached hydrogens (tertiary/aromatic N) is 6.